The molecule has 2 aromatic heterocycles. The minimum Gasteiger partial charge on any atom is -0.465 e. The summed E-state index contributed by atoms with van der Waals surface area (Å²) >= 11 is 1.37. The number of carbonyl (C=O) groups is 2. The van der Waals surface area contributed by atoms with Gasteiger partial charge in [0.1, 0.15) is 10.6 Å². The number of anilines is 1. The van der Waals surface area contributed by atoms with E-state index in [1.54, 1.807) is 12.1 Å². The van der Waals surface area contributed by atoms with Gasteiger partial charge in [-0.05, 0) is 49.4 Å². The number of rotatable bonds is 3. The summed E-state index contributed by atoms with van der Waals surface area (Å²) < 4.78 is 10.5. The number of nitrogens with one attached hydrogen (secondary N) is 1. The summed E-state index contributed by atoms with van der Waals surface area (Å²) in [5.41, 5.74) is 2.34. The number of aryl methyl sites for hydroxylation is 2. The number of hydrogen-bond donors (Lipinski definition) is 1. The molecule has 0 fully saturated rings. The van der Waals surface area contributed by atoms with Gasteiger partial charge in [0.2, 0.25) is 0 Å². The highest BCUT2D eigenvalue weighted by Gasteiger charge is 2.28. The van der Waals surface area contributed by atoms with Crippen LogP contribution in [0.2, 0.25) is 0 Å². The quantitative estimate of drug-likeness (QED) is 0.697. The molecule has 0 saturated heterocycles. The van der Waals surface area contributed by atoms with Crippen LogP contribution in [-0.2, 0) is 17.6 Å². The van der Waals surface area contributed by atoms with Crippen LogP contribution in [0.1, 0.15) is 43.3 Å². The van der Waals surface area contributed by atoms with Crippen LogP contribution < -0.4 is 10.7 Å². The van der Waals surface area contributed by atoms with Crippen molar-refractivity contribution in [2.75, 3.05) is 12.4 Å². The minimum atomic E-state index is -0.569. The lowest BCUT2D eigenvalue weighted by Gasteiger charge is -2.07. The molecule has 7 heteroatoms. The van der Waals surface area contributed by atoms with Gasteiger partial charge in [0.25, 0.3) is 5.91 Å². The van der Waals surface area contributed by atoms with Gasteiger partial charge >= 0.3 is 5.97 Å². The number of ether oxygens (including phenoxy) is 1. The van der Waals surface area contributed by atoms with Crippen molar-refractivity contribution < 1.29 is 18.7 Å². The van der Waals surface area contributed by atoms with E-state index in [0.29, 0.717) is 21.5 Å². The van der Waals surface area contributed by atoms with Crippen molar-refractivity contribution in [1.82, 2.24) is 0 Å². The Morgan fingerprint density at radius 1 is 1.22 bits per heavy atom. The van der Waals surface area contributed by atoms with Crippen LogP contribution in [0.3, 0.4) is 0 Å². The zero-order valence-electron chi connectivity index (χ0n) is 14.9. The first-order valence-corrected chi connectivity index (χ1v) is 9.38. The Hall–Kier alpha value is -2.93. The molecule has 0 radical (unpaired) electrons. The molecule has 0 spiro atoms. The highest BCUT2D eigenvalue weighted by molar-refractivity contribution is 7.17. The number of methoxy groups -OCH3 is 1. The highest BCUT2D eigenvalue weighted by atomic mass is 32.1. The lowest BCUT2D eigenvalue weighted by molar-refractivity contribution is 0.0601. The smallest absolute Gasteiger partial charge is 0.341 e. The van der Waals surface area contributed by atoms with Crippen LogP contribution in [0.4, 0.5) is 5.00 Å². The molecule has 27 heavy (non-hydrogen) atoms. The first-order chi connectivity index (χ1) is 13.0. The zero-order valence-corrected chi connectivity index (χ0v) is 15.7. The summed E-state index contributed by atoms with van der Waals surface area (Å²) in [4.78, 5) is 38.3. The first kappa shape index (κ1) is 17.5. The van der Waals surface area contributed by atoms with Crippen LogP contribution in [-0.4, -0.2) is 19.0 Å². The minimum absolute atomic E-state index is 0.0949. The lowest BCUT2D eigenvalue weighted by Crippen LogP contribution is -2.16. The number of thiophene rings is 1. The number of carbonyl (C=O) groups excluding carboxylic acids is 2. The summed E-state index contributed by atoms with van der Waals surface area (Å²) in [6.45, 7) is 1.88. The van der Waals surface area contributed by atoms with E-state index < -0.39 is 11.9 Å². The molecule has 4 rings (SSSR count). The van der Waals surface area contributed by atoms with E-state index in [9.17, 15) is 14.4 Å². The van der Waals surface area contributed by atoms with Crippen molar-refractivity contribution in [2.45, 2.75) is 26.2 Å². The van der Waals surface area contributed by atoms with Crippen LogP contribution in [0, 0.1) is 6.92 Å². The fourth-order valence-electron chi connectivity index (χ4n) is 3.35. The molecular formula is C20H17NO5S. The topological polar surface area (TPSA) is 85.6 Å². The largest absolute Gasteiger partial charge is 0.465 e. The zero-order chi connectivity index (χ0) is 19.1. The van der Waals surface area contributed by atoms with Gasteiger partial charge in [-0.1, -0.05) is 6.07 Å². The van der Waals surface area contributed by atoms with E-state index in [0.717, 1.165) is 35.3 Å². The van der Waals surface area contributed by atoms with Crippen molar-refractivity contribution >= 4 is 39.2 Å². The Kier molecular flexibility index (Phi) is 4.31. The third kappa shape index (κ3) is 3.04. The molecular weight excluding hydrogens is 366 g/mol. The fraction of sp³-hybridized carbons (Fsp3) is 0.250. The number of amides is 1. The van der Waals surface area contributed by atoms with Crippen molar-refractivity contribution in [3.8, 4) is 0 Å². The van der Waals surface area contributed by atoms with Crippen molar-refractivity contribution in [3.05, 3.63) is 61.8 Å². The van der Waals surface area contributed by atoms with E-state index in [4.69, 9.17) is 9.15 Å². The number of fused-ring (bicyclic) bond motifs is 2. The summed E-state index contributed by atoms with van der Waals surface area (Å²) in [6, 6.07) is 6.38. The molecule has 1 amide bonds. The monoisotopic (exact) mass is 383 g/mol. The fourth-order valence-corrected chi connectivity index (χ4v) is 4.62. The van der Waals surface area contributed by atoms with Gasteiger partial charge in [0.15, 0.2) is 11.2 Å². The molecule has 0 saturated carbocycles. The maximum absolute atomic E-state index is 12.7. The maximum Gasteiger partial charge on any atom is 0.341 e. The number of hydrogen-bond acceptors (Lipinski definition) is 6. The van der Waals surface area contributed by atoms with E-state index in [2.05, 4.69) is 5.32 Å². The highest BCUT2D eigenvalue weighted by Crippen LogP contribution is 2.39. The second kappa shape index (κ2) is 6.66. The lowest BCUT2D eigenvalue weighted by atomic mass is 10.1. The van der Waals surface area contributed by atoms with Crippen molar-refractivity contribution in [2.24, 2.45) is 0 Å². The van der Waals surface area contributed by atoms with E-state index in [-0.39, 0.29) is 11.2 Å². The molecule has 1 aliphatic carbocycles. The molecule has 0 atom stereocenters. The Labute approximate surface area is 158 Å². The van der Waals surface area contributed by atoms with Gasteiger partial charge in [0, 0.05) is 10.9 Å². The predicted molar refractivity (Wildman–Crippen MR) is 103 cm³/mol. The Morgan fingerprint density at radius 2 is 2.04 bits per heavy atom. The van der Waals surface area contributed by atoms with Crippen LogP contribution in [0.15, 0.2) is 33.5 Å². The van der Waals surface area contributed by atoms with E-state index >= 15 is 0 Å². The molecule has 1 aliphatic rings. The van der Waals surface area contributed by atoms with Gasteiger partial charge in [-0.25, -0.2) is 4.79 Å². The third-order valence-corrected chi connectivity index (χ3v) is 5.85. The molecule has 0 bridgehead atoms. The van der Waals surface area contributed by atoms with Crippen molar-refractivity contribution in [3.63, 3.8) is 0 Å². The van der Waals surface area contributed by atoms with Crippen LogP contribution in [0.5, 0.6) is 0 Å². The average molecular weight is 383 g/mol. The van der Waals surface area contributed by atoms with Crippen LogP contribution >= 0.6 is 11.3 Å². The second-order valence-corrected chi connectivity index (χ2v) is 7.59. The molecule has 6 nitrogen and oxygen atoms in total. The standard InChI is InChI=1S/C20H17NO5S/c1-10-6-7-11-13(22)9-15(26-14(11)8-10)18(23)21-19-17(20(24)25-2)12-4-3-5-16(12)27-19/h6-9H,3-5H2,1-2H3,(H,21,23). The Balaban J connectivity index is 1.72. The molecule has 2 heterocycles. The normalized spacial score (nSPS) is 12.8. The van der Waals surface area contributed by atoms with Crippen LogP contribution in [0.25, 0.3) is 11.0 Å². The van der Waals surface area contributed by atoms with Crippen molar-refractivity contribution in [1.29, 1.82) is 0 Å². The maximum atomic E-state index is 12.7. The second-order valence-electron chi connectivity index (χ2n) is 6.48. The first-order valence-electron chi connectivity index (χ1n) is 8.56. The average Bonchev–Trinajstić information content (AvgIpc) is 3.21. The molecule has 0 aliphatic heterocycles. The molecule has 3 aromatic rings. The third-order valence-electron chi connectivity index (χ3n) is 4.65. The van der Waals surface area contributed by atoms with E-state index in [1.165, 1.54) is 24.5 Å². The van der Waals surface area contributed by atoms with E-state index in [1.807, 2.05) is 13.0 Å². The summed E-state index contributed by atoms with van der Waals surface area (Å²) in [6.07, 6.45) is 2.65. The molecule has 138 valence electrons. The van der Waals surface area contributed by atoms with Gasteiger partial charge in [-0.2, -0.15) is 0 Å². The van der Waals surface area contributed by atoms with Gasteiger partial charge in [-0.3, -0.25) is 9.59 Å². The molecule has 0 unspecified atom stereocenters. The SMILES string of the molecule is COC(=O)c1c(NC(=O)c2cc(=O)c3ccc(C)cc3o2)sc2c1CCC2. The summed E-state index contributed by atoms with van der Waals surface area (Å²) in [5, 5.41) is 3.58. The van der Waals surface area contributed by atoms with Gasteiger partial charge in [-0.15, -0.1) is 11.3 Å². The molecule has 1 N–H and O–H groups in total. The Morgan fingerprint density at radius 3 is 2.81 bits per heavy atom. The summed E-state index contributed by atoms with van der Waals surface area (Å²) in [5.74, 6) is -1.14. The predicted octanol–water partition coefficient (Wildman–Crippen LogP) is 3.69. The number of esters is 1. The number of benzene rings is 1. The van der Waals surface area contributed by atoms with Gasteiger partial charge in [0.05, 0.1) is 18.1 Å². The van der Waals surface area contributed by atoms with Gasteiger partial charge < -0.3 is 14.5 Å². The Bertz CT molecular complexity index is 1140. The molecule has 1 aromatic carbocycles. The summed E-state index contributed by atoms with van der Waals surface area (Å²) in [7, 11) is 1.32.